The van der Waals surface area contributed by atoms with Crippen LogP contribution < -0.4 is 5.32 Å². The van der Waals surface area contributed by atoms with Gasteiger partial charge in [-0.05, 0) is 24.6 Å². The number of anilines is 1. The number of ketones is 1. The van der Waals surface area contributed by atoms with Crippen LogP contribution in [-0.4, -0.2) is 22.8 Å². The van der Waals surface area contributed by atoms with Crippen molar-refractivity contribution in [2.75, 3.05) is 5.32 Å². The highest BCUT2D eigenvalue weighted by Crippen LogP contribution is 2.26. The Balaban J connectivity index is 2.53. The van der Waals surface area contributed by atoms with Gasteiger partial charge in [0.05, 0.1) is 5.69 Å². The molecule has 1 unspecified atom stereocenters. The van der Waals surface area contributed by atoms with Crippen molar-refractivity contribution < 1.29 is 19.5 Å². The van der Waals surface area contributed by atoms with Gasteiger partial charge >= 0.3 is 5.97 Å². The molecule has 1 atom stereocenters. The number of fused-ring (bicyclic) bond motifs is 1. The van der Waals surface area contributed by atoms with E-state index < -0.39 is 23.6 Å². The number of carboxylic acids is 1. The molecule has 1 aromatic carbocycles. The van der Waals surface area contributed by atoms with E-state index in [1.165, 1.54) is 0 Å². The summed E-state index contributed by atoms with van der Waals surface area (Å²) in [5, 5.41) is 11.5. The molecule has 1 aliphatic heterocycles. The summed E-state index contributed by atoms with van der Waals surface area (Å²) in [6.07, 6.45) is -0.318. The molecule has 5 heteroatoms. The quantitative estimate of drug-likeness (QED) is 0.714. The monoisotopic (exact) mass is 233 g/mol. The Bertz CT molecular complexity index is 521. The summed E-state index contributed by atoms with van der Waals surface area (Å²) in [7, 11) is 0. The lowest BCUT2D eigenvalue weighted by Crippen LogP contribution is -2.25. The zero-order valence-electron chi connectivity index (χ0n) is 9.19. The van der Waals surface area contributed by atoms with E-state index in [1.807, 2.05) is 6.92 Å². The van der Waals surface area contributed by atoms with Crippen LogP contribution >= 0.6 is 0 Å². The number of aliphatic carboxylic acids is 1. The number of rotatable bonds is 1. The topological polar surface area (TPSA) is 83.5 Å². The highest BCUT2D eigenvalue weighted by molar-refractivity contribution is 6.16. The molecule has 2 N–H and O–H groups in total. The first kappa shape index (κ1) is 11.3. The summed E-state index contributed by atoms with van der Waals surface area (Å²) in [4.78, 5) is 34.4. The summed E-state index contributed by atoms with van der Waals surface area (Å²) >= 11 is 0. The van der Waals surface area contributed by atoms with Crippen molar-refractivity contribution in [2.24, 2.45) is 5.92 Å². The second-order valence-corrected chi connectivity index (χ2v) is 4.06. The lowest BCUT2D eigenvalue weighted by atomic mass is 9.95. The van der Waals surface area contributed by atoms with Gasteiger partial charge in [-0.2, -0.15) is 0 Å². The SMILES string of the molecule is Cc1ccc2c(c1)NC(=O)CC(C(=O)O)C2=O. The standard InChI is InChI=1S/C12H11NO4/c1-6-2-3-7-9(4-6)13-10(14)5-8(11(7)15)12(16)17/h2-4,8H,5H2,1H3,(H,13,14)(H,16,17). The number of carboxylic acid groups (broad SMARTS) is 1. The average Bonchev–Trinajstić information content (AvgIpc) is 2.35. The third kappa shape index (κ3) is 2.04. The van der Waals surface area contributed by atoms with Crippen LogP contribution in [0.5, 0.6) is 0 Å². The van der Waals surface area contributed by atoms with E-state index >= 15 is 0 Å². The van der Waals surface area contributed by atoms with Gasteiger partial charge in [-0.25, -0.2) is 0 Å². The predicted molar refractivity (Wildman–Crippen MR) is 59.9 cm³/mol. The van der Waals surface area contributed by atoms with Gasteiger partial charge in [-0.1, -0.05) is 6.07 Å². The molecule has 88 valence electrons. The van der Waals surface area contributed by atoms with E-state index in [1.54, 1.807) is 18.2 Å². The van der Waals surface area contributed by atoms with Crippen molar-refractivity contribution in [3.63, 3.8) is 0 Å². The van der Waals surface area contributed by atoms with Gasteiger partial charge in [0.2, 0.25) is 5.91 Å². The molecule has 1 aromatic rings. The summed E-state index contributed by atoms with van der Waals surface area (Å²) in [6, 6.07) is 4.93. The molecule has 0 aliphatic carbocycles. The Morgan fingerprint density at radius 2 is 2.12 bits per heavy atom. The van der Waals surface area contributed by atoms with Gasteiger partial charge in [-0.15, -0.1) is 0 Å². The molecule has 0 bridgehead atoms. The Hall–Kier alpha value is -2.17. The zero-order chi connectivity index (χ0) is 12.6. The fourth-order valence-electron chi connectivity index (χ4n) is 1.84. The maximum absolute atomic E-state index is 12.0. The van der Waals surface area contributed by atoms with Gasteiger partial charge in [-0.3, -0.25) is 14.4 Å². The molecule has 0 aromatic heterocycles. The van der Waals surface area contributed by atoms with E-state index in [0.29, 0.717) is 5.69 Å². The highest BCUT2D eigenvalue weighted by atomic mass is 16.4. The van der Waals surface area contributed by atoms with Crippen LogP contribution in [0.4, 0.5) is 5.69 Å². The second kappa shape index (κ2) is 4.01. The summed E-state index contributed by atoms with van der Waals surface area (Å²) < 4.78 is 0. The third-order valence-corrected chi connectivity index (χ3v) is 2.72. The fourth-order valence-corrected chi connectivity index (χ4v) is 1.84. The van der Waals surface area contributed by atoms with Crippen LogP contribution in [0, 0.1) is 12.8 Å². The van der Waals surface area contributed by atoms with Crippen LogP contribution in [0.25, 0.3) is 0 Å². The number of aryl methyl sites for hydroxylation is 1. The van der Waals surface area contributed by atoms with E-state index in [2.05, 4.69) is 5.32 Å². The molecule has 0 saturated carbocycles. The van der Waals surface area contributed by atoms with Crippen molar-refractivity contribution in [3.05, 3.63) is 29.3 Å². The second-order valence-electron chi connectivity index (χ2n) is 4.06. The molecule has 0 radical (unpaired) electrons. The highest BCUT2D eigenvalue weighted by Gasteiger charge is 2.34. The van der Waals surface area contributed by atoms with Crippen molar-refractivity contribution in [1.29, 1.82) is 0 Å². The van der Waals surface area contributed by atoms with Gasteiger partial charge < -0.3 is 10.4 Å². The van der Waals surface area contributed by atoms with Crippen LogP contribution in [0.3, 0.4) is 0 Å². The molecule has 1 aliphatic rings. The first-order valence-corrected chi connectivity index (χ1v) is 5.16. The first-order chi connectivity index (χ1) is 7.99. The van der Waals surface area contributed by atoms with Gasteiger partial charge in [0, 0.05) is 12.0 Å². The van der Waals surface area contributed by atoms with Crippen molar-refractivity contribution in [3.8, 4) is 0 Å². The number of nitrogens with one attached hydrogen (secondary N) is 1. The number of carbonyl (C=O) groups excluding carboxylic acids is 2. The Labute approximate surface area is 97.4 Å². The zero-order valence-corrected chi connectivity index (χ0v) is 9.19. The number of hydrogen-bond acceptors (Lipinski definition) is 3. The molecule has 2 rings (SSSR count). The van der Waals surface area contributed by atoms with Crippen molar-refractivity contribution in [2.45, 2.75) is 13.3 Å². The minimum absolute atomic E-state index is 0.258. The van der Waals surface area contributed by atoms with E-state index in [9.17, 15) is 14.4 Å². The summed E-state index contributed by atoms with van der Waals surface area (Å²) in [6.45, 7) is 1.83. The van der Waals surface area contributed by atoms with Gasteiger partial charge in [0.25, 0.3) is 0 Å². The minimum Gasteiger partial charge on any atom is -0.481 e. The molecular formula is C12H11NO4. The van der Waals surface area contributed by atoms with Crippen molar-refractivity contribution >= 4 is 23.3 Å². The number of benzene rings is 1. The summed E-state index contributed by atoms with van der Waals surface area (Å²) in [5.74, 6) is -3.53. The van der Waals surface area contributed by atoms with Crippen molar-refractivity contribution in [1.82, 2.24) is 0 Å². The van der Waals surface area contributed by atoms with Gasteiger partial charge in [0.15, 0.2) is 5.78 Å². The lowest BCUT2D eigenvalue weighted by molar-refractivity contribution is -0.141. The number of Topliss-reactive ketones (excluding diaryl/α,β-unsaturated/α-hetero) is 1. The fraction of sp³-hybridized carbons (Fsp3) is 0.250. The molecule has 0 spiro atoms. The molecule has 17 heavy (non-hydrogen) atoms. The molecule has 1 heterocycles. The molecule has 0 fully saturated rings. The van der Waals surface area contributed by atoms with Crippen LogP contribution in [0.15, 0.2) is 18.2 Å². The Morgan fingerprint density at radius 1 is 1.41 bits per heavy atom. The smallest absolute Gasteiger partial charge is 0.314 e. The maximum atomic E-state index is 12.0. The van der Waals surface area contributed by atoms with Crippen LogP contribution in [-0.2, 0) is 9.59 Å². The largest absolute Gasteiger partial charge is 0.481 e. The predicted octanol–water partition coefficient (Wildman–Crippen LogP) is 1.22. The summed E-state index contributed by atoms with van der Waals surface area (Å²) in [5.41, 5.74) is 1.54. The first-order valence-electron chi connectivity index (χ1n) is 5.16. The van der Waals surface area contributed by atoms with E-state index in [-0.39, 0.29) is 12.0 Å². The van der Waals surface area contributed by atoms with Gasteiger partial charge in [0.1, 0.15) is 5.92 Å². The van der Waals surface area contributed by atoms with Crippen LogP contribution in [0.2, 0.25) is 0 Å². The van der Waals surface area contributed by atoms with E-state index in [4.69, 9.17) is 5.11 Å². The normalized spacial score (nSPS) is 19.2. The van der Waals surface area contributed by atoms with Crippen LogP contribution in [0.1, 0.15) is 22.3 Å². The number of hydrogen-bond donors (Lipinski definition) is 2. The minimum atomic E-state index is -1.29. The Kier molecular flexibility index (Phi) is 2.67. The van der Waals surface area contributed by atoms with E-state index in [0.717, 1.165) is 5.56 Å². The average molecular weight is 233 g/mol. The number of carbonyl (C=O) groups is 3. The number of amides is 1. The molecule has 0 saturated heterocycles. The molecule has 5 nitrogen and oxygen atoms in total. The third-order valence-electron chi connectivity index (χ3n) is 2.72. The maximum Gasteiger partial charge on any atom is 0.314 e. The molecule has 1 amide bonds. The molecular weight excluding hydrogens is 222 g/mol. The lowest BCUT2D eigenvalue weighted by Gasteiger charge is -2.07. The Morgan fingerprint density at radius 3 is 2.76 bits per heavy atom.